The van der Waals surface area contributed by atoms with E-state index in [0.717, 1.165) is 18.4 Å². The molecule has 0 aromatic rings. The van der Waals surface area contributed by atoms with Crippen LogP contribution in [-0.4, -0.2) is 34.6 Å². The van der Waals surface area contributed by atoms with E-state index in [-0.39, 0.29) is 0 Å². The number of aliphatic carboxylic acids is 1. The molecular formula is C18H33NO2. The van der Waals surface area contributed by atoms with Crippen LogP contribution in [0.15, 0.2) is 0 Å². The van der Waals surface area contributed by atoms with Gasteiger partial charge in [0.25, 0.3) is 0 Å². The topological polar surface area (TPSA) is 40.5 Å². The Morgan fingerprint density at radius 1 is 1.05 bits per heavy atom. The van der Waals surface area contributed by atoms with Gasteiger partial charge >= 0.3 is 5.97 Å². The Labute approximate surface area is 130 Å². The summed E-state index contributed by atoms with van der Waals surface area (Å²) in [5.74, 6) is 0.312. The summed E-state index contributed by atoms with van der Waals surface area (Å²) >= 11 is 0. The minimum atomic E-state index is -0.635. The summed E-state index contributed by atoms with van der Waals surface area (Å²) in [5, 5.41) is 8.96. The van der Waals surface area contributed by atoms with E-state index in [2.05, 4.69) is 11.8 Å². The zero-order valence-electron chi connectivity index (χ0n) is 13.7. The first-order chi connectivity index (χ1) is 10.2. The smallest absolute Gasteiger partial charge is 0.303 e. The van der Waals surface area contributed by atoms with E-state index in [9.17, 15) is 4.79 Å². The average molecular weight is 295 g/mol. The van der Waals surface area contributed by atoms with Gasteiger partial charge in [0.2, 0.25) is 0 Å². The van der Waals surface area contributed by atoms with Crippen LogP contribution < -0.4 is 0 Å². The van der Waals surface area contributed by atoms with Crippen LogP contribution >= 0.6 is 0 Å². The Bertz CT molecular complexity index is 318. The summed E-state index contributed by atoms with van der Waals surface area (Å²) in [6, 6.07) is 1.26. The van der Waals surface area contributed by atoms with Crippen LogP contribution in [0.1, 0.15) is 84.0 Å². The fraction of sp³-hybridized carbons (Fsp3) is 0.944. The minimum Gasteiger partial charge on any atom is -0.481 e. The Hall–Kier alpha value is -0.570. The second-order valence-corrected chi connectivity index (χ2v) is 7.14. The molecule has 3 nitrogen and oxygen atoms in total. The highest BCUT2D eigenvalue weighted by molar-refractivity contribution is 5.66. The quantitative estimate of drug-likeness (QED) is 0.736. The molecular weight excluding hydrogens is 262 g/mol. The van der Waals surface area contributed by atoms with Crippen LogP contribution in [0.25, 0.3) is 0 Å². The normalized spacial score (nSPS) is 31.8. The van der Waals surface area contributed by atoms with Gasteiger partial charge in [0.1, 0.15) is 0 Å². The molecule has 2 rings (SSSR count). The Kier molecular flexibility index (Phi) is 7.01. The van der Waals surface area contributed by atoms with Gasteiger partial charge in [0.05, 0.1) is 0 Å². The fourth-order valence-corrected chi connectivity index (χ4v) is 4.49. The van der Waals surface area contributed by atoms with Gasteiger partial charge in [-0.15, -0.1) is 0 Å². The van der Waals surface area contributed by atoms with Crippen molar-refractivity contribution < 1.29 is 9.90 Å². The Morgan fingerprint density at radius 3 is 2.67 bits per heavy atom. The Balaban J connectivity index is 1.88. The van der Waals surface area contributed by atoms with Crippen molar-refractivity contribution in [2.75, 3.05) is 6.54 Å². The number of likely N-dealkylation sites (tertiary alicyclic amines) is 1. The first-order valence-electron chi connectivity index (χ1n) is 9.18. The van der Waals surface area contributed by atoms with Crippen LogP contribution in [0.5, 0.6) is 0 Å². The largest absolute Gasteiger partial charge is 0.481 e. The molecule has 3 unspecified atom stereocenters. The highest BCUT2D eigenvalue weighted by Gasteiger charge is 2.30. The van der Waals surface area contributed by atoms with Crippen molar-refractivity contribution in [2.45, 2.75) is 96.1 Å². The van der Waals surface area contributed by atoms with Crippen LogP contribution in [0, 0.1) is 5.92 Å². The molecule has 2 fully saturated rings. The van der Waals surface area contributed by atoms with Gasteiger partial charge in [-0.1, -0.05) is 39.0 Å². The molecule has 0 radical (unpaired) electrons. The molecule has 2 aliphatic rings. The van der Waals surface area contributed by atoms with Crippen molar-refractivity contribution in [1.29, 1.82) is 0 Å². The third-order valence-corrected chi connectivity index (χ3v) is 5.59. The van der Waals surface area contributed by atoms with Crippen molar-refractivity contribution in [3.05, 3.63) is 0 Å². The van der Waals surface area contributed by atoms with E-state index < -0.39 is 5.97 Å². The van der Waals surface area contributed by atoms with E-state index in [1.54, 1.807) is 0 Å². The van der Waals surface area contributed by atoms with Gasteiger partial charge in [-0.05, 0) is 51.0 Å². The number of carboxylic acids is 1. The first kappa shape index (κ1) is 16.8. The number of carbonyl (C=O) groups is 1. The summed E-state index contributed by atoms with van der Waals surface area (Å²) in [4.78, 5) is 13.6. The number of carboxylic acid groups (broad SMARTS) is 1. The number of hydrogen-bond donors (Lipinski definition) is 1. The van der Waals surface area contributed by atoms with Gasteiger partial charge < -0.3 is 5.11 Å². The van der Waals surface area contributed by atoms with Gasteiger partial charge in [-0.25, -0.2) is 0 Å². The molecule has 0 amide bonds. The van der Waals surface area contributed by atoms with E-state index in [1.165, 1.54) is 70.8 Å². The lowest BCUT2D eigenvalue weighted by Crippen LogP contribution is -2.46. The van der Waals surface area contributed by atoms with E-state index in [0.29, 0.717) is 12.5 Å². The molecule has 1 aliphatic carbocycles. The predicted molar refractivity (Wildman–Crippen MR) is 86.5 cm³/mol. The molecule has 1 N–H and O–H groups in total. The molecule has 1 saturated carbocycles. The van der Waals surface area contributed by atoms with Crippen molar-refractivity contribution in [3.63, 3.8) is 0 Å². The number of nitrogens with zero attached hydrogens (tertiary/aromatic N) is 1. The Morgan fingerprint density at radius 2 is 1.90 bits per heavy atom. The molecule has 1 aliphatic heterocycles. The summed E-state index contributed by atoms with van der Waals surface area (Å²) in [6.45, 7) is 3.50. The molecule has 0 aromatic heterocycles. The lowest BCUT2D eigenvalue weighted by atomic mass is 9.93. The second-order valence-electron chi connectivity index (χ2n) is 7.14. The maximum absolute atomic E-state index is 10.9. The van der Waals surface area contributed by atoms with Crippen LogP contribution in [0.4, 0.5) is 0 Å². The van der Waals surface area contributed by atoms with Gasteiger partial charge in [0, 0.05) is 18.5 Å². The highest BCUT2D eigenvalue weighted by atomic mass is 16.4. The maximum Gasteiger partial charge on any atom is 0.303 e. The van der Waals surface area contributed by atoms with Gasteiger partial charge in [0.15, 0.2) is 0 Å². The maximum atomic E-state index is 10.9. The van der Waals surface area contributed by atoms with Crippen LogP contribution in [-0.2, 0) is 4.79 Å². The lowest BCUT2D eigenvalue weighted by Gasteiger charge is -2.41. The van der Waals surface area contributed by atoms with Crippen molar-refractivity contribution in [3.8, 4) is 0 Å². The van der Waals surface area contributed by atoms with Crippen LogP contribution in [0.2, 0.25) is 0 Å². The lowest BCUT2D eigenvalue weighted by molar-refractivity contribution is -0.137. The summed E-state index contributed by atoms with van der Waals surface area (Å²) < 4.78 is 0. The first-order valence-corrected chi connectivity index (χ1v) is 9.18. The van der Waals surface area contributed by atoms with Gasteiger partial charge in [-0.3, -0.25) is 9.69 Å². The SMILES string of the molecule is CCCC1CCCC(N2CCCCC2CCC(=O)O)CC1. The van der Waals surface area contributed by atoms with Crippen molar-refractivity contribution in [2.24, 2.45) is 5.92 Å². The zero-order chi connectivity index (χ0) is 15.1. The molecule has 0 aromatic carbocycles. The van der Waals surface area contributed by atoms with E-state index in [1.807, 2.05) is 0 Å². The molecule has 3 heteroatoms. The average Bonchev–Trinajstić information content (AvgIpc) is 2.71. The molecule has 0 bridgehead atoms. The van der Waals surface area contributed by atoms with Crippen molar-refractivity contribution >= 4 is 5.97 Å². The summed E-state index contributed by atoms with van der Waals surface area (Å²) in [5.41, 5.74) is 0. The van der Waals surface area contributed by atoms with Crippen molar-refractivity contribution in [1.82, 2.24) is 4.90 Å². The minimum absolute atomic E-state index is 0.340. The molecule has 21 heavy (non-hydrogen) atoms. The number of hydrogen-bond acceptors (Lipinski definition) is 2. The second kappa shape index (κ2) is 8.77. The monoisotopic (exact) mass is 295 g/mol. The zero-order valence-corrected chi connectivity index (χ0v) is 13.7. The van der Waals surface area contributed by atoms with Gasteiger partial charge in [-0.2, -0.15) is 0 Å². The highest BCUT2D eigenvalue weighted by Crippen LogP contribution is 2.33. The molecule has 0 spiro atoms. The van der Waals surface area contributed by atoms with Crippen LogP contribution in [0.3, 0.4) is 0 Å². The standard InChI is InChI=1S/C18H33NO2/c1-2-6-15-7-5-9-17(11-10-15)19-14-4-3-8-16(19)12-13-18(20)21/h15-17H,2-14H2,1H3,(H,20,21). The van der Waals surface area contributed by atoms with E-state index >= 15 is 0 Å². The third-order valence-electron chi connectivity index (χ3n) is 5.59. The predicted octanol–water partition coefficient (Wildman–Crippen LogP) is 4.45. The molecule has 1 heterocycles. The number of piperidine rings is 1. The molecule has 1 saturated heterocycles. The summed E-state index contributed by atoms with van der Waals surface area (Å²) in [7, 11) is 0. The van der Waals surface area contributed by atoms with E-state index in [4.69, 9.17) is 5.11 Å². The summed E-state index contributed by atoms with van der Waals surface area (Å²) in [6.07, 6.45) is 14.6. The fourth-order valence-electron chi connectivity index (χ4n) is 4.49. The molecule has 3 atom stereocenters. The number of rotatable bonds is 6. The molecule has 122 valence electrons. The third kappa shape index (κ3) is 5.28.